The monoisotopic (exact) mass is 379 g/mol. The van der Waals surface area contributed by atoms with Gasteiger partial charge in [-0.3, -0.25) is 4.90 Å². The minimum Gasteiger partial charge on any atom is -0.496 e. The zero-order valence-corrected chi connectivity index (χ0v) is 16.5. The fourth-order valence-electron chi connectivity index (χ4n) is 3.24. The van der Waals surface area contributed by atoms with Crippen LogP contribution in [-0.4, -0.2) is 56.1 Å². The highest BCUT2D eigenvalue weighted by Gasteiger charge is 2.29. The Morgan fingerprint density at radius 3 is 2.38 bits per heavy atom. The van der Waals surface area contributed by atoms with Crippen molar-refractivity contribution >= 4 is 10.0 Å². The molecule has 1 aromatic carbocycles. The van der Waals surface area contributed by atoms with E-state index in [9.17, 15) is 8.42 Å². The molecule has 8 heteroatoms. The van der Waals surface area contributed by atoms with Crippen molar-refractivity contribution in [1.29, 1.82) is 0 Å². The fourth-order valence-corrected chi connectivity index (χ4v) is 4.75. The van der Waals surface area contributed by atoms with Crippen LogP contribution in [0.3, 0.4) is 0 Å². The number of ether oxygens (including phenoxy) is 1. The zero-order chi connectivity index (χ0) is 18.9. The highest BCUT2D eigenvalue weighted by Crippen LogP contribution is 2.25. The Hall–Kier alpha value is -1.90. The predicted molar refractivity (Wildman–Crippen MR) is 97.7 cm³/mol. The van der Waals surface area contributed by atoms with Gasteiger partial charge in [0, 0.05) is 38.3 Å². The molecule has 1 fully saturated rings. The summed E-state index contributed by atoms with van der Waals surface area (Å²) < 4.78 is 37.8. The molecule has 1 aliphatic heterocycles. The number of piperazine rings is 1. The van der Waals surface area contributed by atoms with Crippen LogP contribution in [0.4, 0.5) is 0 Å². The number of benzene rings is 1. The lowest BCUT2D eigenvalue weighted by atomic mass is 10.2. The summed E-state index contributed by atoms with van der Waals surface area (Å²) >= 11 is 0. The highest BCUT2D eigenvalue weighted by atomic mass is 32.2. The van der Waals surface area contributed by atoms with Crippen molar-refractivity contribution < 1.29 is 17.7 Å². The maximum absolute atomic E-state index is 12.9. The molecule has 7 nitrogen and oxygen atoms in total. The van der Waals surface area contributed by atoms with Gasteiger partial charge in [0.2, 0.25) is 10.0 Å². The van der Waals surface area contributed by atoms with E-state index in [0.717, 1.165) is 29.1 Å². The Labute approximate surface area is 154 Å². The molecule has 3 rings (SSSR count). The van der Waals surface area contributed by atoms with E-state index in [1.54, 1.807) is 29.6 Å². The first-order valence-corrected chi connectivity index (χ1v) is 10.1. The molecule has 0 N–H and O–H groups in total. The van der Waals surface area contributed by atoms with Gasteiger partial charge in [0.1, 0.15) is 11.5 Å². The van der Waals surface area contributed by atoms with Crippen LogP contribution < -0.4 is 4.74 Å². The van der Waals surface area contributed by atoms with Crippen LogP contribution in [0.2, 0.25) is 0 Å². The lowest BCUT2D eigenvalue weighted by molar-refractivity contribution is 0.180. The standard InChI is InChI=1S/C18H25N3O4S/c1-13-11-16(5-6-18(13)24-4)26(22,23)21-9-7-20(8-10-21)12-17-14(2)19-25-15(17)3/h5-6,11H,7-10,12H2,1-4H3. The molecule has 0 bridgehead atoms. The van der Waals surface area contributed by atoms with E-state index in [0.29, 0.717) is 36.8 Å². The maximum atomic E-state index is 12.9. The first-order valence-electron chi connectivity index (χ1n) is 8.62. The minimum atomic E-state index is -3.49. The number of methoxy groups -OCH3 is 1. The molecule has 0 amide bonds. The molecule has 0 unspecified atom stereocenters. The van der Waals surface area contributed by atoms with Gasteiger partial charge in [-0.05, 0) is 44.5 Å². The second kappa shape index (κ2) is 7.38. The van der Waals surface area contributed by atoms with E-state index in [1.807, 2.05) is 20.8 Å². The second-order valence-corrected chi connectivity index (χ2v) is 8.55. The summed E-state index contributed by atoms with van der Waals surface area (Å²) in [6.45, 7) is 8.71. The van der Waals surface area contributed by atoms with E-state index in [4.69, 9.17) is 9.26 Å². The minimum absolute atomic E-state index is 0.315. The third-order valence-electron chi connectivity index (χ3n) is 4.90. The predicted octanol–water partition coefficient (Wildman–Crippen LogP) is 2.11. The lowest BCUT2D eigenvalue weighted by Crippen LogP contribution is -2.48. The van der Waals surface area contributed by atoms with Crippen molar-refractivity contribution in [1.82, 2.24) is 14.4 Å². The molecule has 0 radical (unpaired) electrons. The van der Waals surface area contributed by atoms with E-state index < -0.39 is 10.0 Å². The van der Waals surface area contributed by atoms with Crippen molar-refractivity contribution in [3.05, 3.63) is 40.8 Å². The first-order chi connectivity index (χ1) is 12.3. The summed E-state index contributed by atoms with van der Waals surface area (Å²) in [4.78, 5) is 2.55. The van der Waals surface area contributed by atoms with Crippen molar-refractivity contribution in [2.75, 3.05) is 33.3 Å². The van der Waals surface area contributed by atoms with Crippen LogP contribution >= 0.6 is 0 Å². The van der Waals surface area contributed by atoms with Crippen LogP contribution in [0, 0.1) is 20.8 Å². The summed E-state index contributed by atoms with van der Waals surface area (Å²) in [6.07, 6.45) is 0. The van der Waals surface area contributed by atoms with Gasteiger partial charge in [-0.15, -0.1) is 0 Å². The molecule has 0 spiro atoms. The van der Waals surface area contributed by atoms with Gasteiger partial charge >= 0.3 is 0 Å². The zero-order valence-electron chi connectivity index (χ0n) is 15.7. The van der Waals surface area contributed by atoms with Crippen LogP contribution in [-0.2, 0) is 16.6 Å². The molecule has 0 atom stereocenters. The quantitative estimate of drug-likeness (QED) is 0.792. The van der Waals surface area contributed by atoms with Crippen LogP contribution in [0.5, 0.6) is 5.75 Å². The first kappa shape index (κ1) is 18.9. The largest absolute Gasteiger partial charge is 0.496 e. The van der Waals surface area contributed by atoms with Crippen LogP contribution in [0.25, 0.3) is 0 Å². The number of aromatic nitrogens is 1. The number of hydrogen-bond donors (Lipinski definition) is 0. The Bertz CT molecular complexity index is 864. The number of hydrogen-bond acceptors (Lipinski definition) is 6. The average molecular weight is 379 g/mol. The summed E-state index contributed by atoms with van der Waals surface area (Å²) in [5.74, 6) is 1.51. The molecule has 26 heavy (non-hydrogen) atoms. The van der Waals surface area contributed by atoms with Gasteiger partial charge < -0.3 is 9.26 Å². The van der Waals surface area contributed by atoms with Crippen molar-refractivity contribution in [2.45, 2.75) is 32.2 Å². The summed E-state index contributed by atoms with van der Waals surface area (Å²) in [5.41, 5.74) is 2.80. The molecular formula is C18H25N3O4S. The fraction of sp³-hybridized carbons (Fsp3) is 0.500. The molecule has 0 saturated carbocycles. The molecule has 142 valence electrons. The molecule has 2 aromatic rings. The SMILES string of the molecule is COc1ccc(S(=O)(=O)N2CCN(Cc3c(C)noc3C)CC2)cc1C. The summed E-state index contributed by atoms with van der Waals surface area (Å²) in [7, 11) is -1.91. The molecule has 0 aliphatic carbocycles. The summed E-state index contributed by atoms with van der Waals surface area (Å²) in [5, 5.41) is 3.98. The van der Waals surface area contributed by atoms with Crippen LogP contribution in [0.1, 0.15) is 22.6 Å². The molecule has 1 aromatic heterocycles. The third kappa shape index (κ3) is 3.62. The van der Waals surface area contributed by atoms with Gasteiger partial charge in [-0.2, -0.15) is 4.31 Å². The van der Waals surface area contributed by atoms with Crippen LogP contribution in [0.15, 0.2) is 27.6 Å². The van der Waals surface area contributed by atoms with Gasteiger partial charge in [0.25, 0.3) is 0 Å². The second-order valence-electron chi connectivity index (χ2n) is 6.61. The Morgan fingerprint density at radius 1 is 1.15 bits per heavy atom. The Balaban J connectivity index is 1.68. The van der Waals surface area contributed by atoms with Gasteiger partial charge in [-0.1, -0.05) is 5.16 Å². The number of rotatable bonds is 5. The van der Waals surface area contributed by atoms with Gasteiger partial charge in [0.05, 0.1) is 17.7 Å². The number of nitrogens with zero attached hydrogens (tertiary/aromatic N) is 3. The lowest BCUT2D eigenvalue weighted by Gasteiger charge is -2.34. The molecule has 1 aliphatic rings. The van der Waals surface area contributed by atoms with Gasteiger partial charge in [0.15, 0.2) is 0 Å². The van der Waals surface area contributed by atoms with E-state index in [-0.39, 0.29) is 0 Å². The van der Waals surface area contributed by atoms with E-state index >= 15 is 0 Å². The van der Waals surface area contributed by atoms with Gasteiger partial charge in [-0.25, -0.2) is 8.42 Å². The number of aryl methyl sites for hydroxylation is 3. The topological polar surface area (TPSA) is 75.9 Å². The molecule has 2 heterocycles. The summed E-state index contributed by atoms with van der Waals surface area (Å²) in [6, 6.07) is 4.98. The van der Waals surface area contributed by atoms with Crippen molar-refractivity contribution in [3.63, 3.8) is 0 Å². The van der Waals surface area contributed by atoms with Crippen molar-refractivity contribution in [3.8, 4) is 5.75 Å². The Morgan fingerprint density at radius 2 is 1.85 bits per heavy atom. The highest BCUT2D eigenvalue weighted by molar-refractivity contribution is 7.89. The van der Waals surface area contributed by atoms with Crippen molar-refractivity contribution in [2.24, 2.45) is 0 Å². The Kier molecular flexibility index (Phi) is 5.36. The number of sulfonamides is 1. The van der Waals surface area contributed by atoms with E-state index in [1.165, 1.54) is 0 Å². The smallest absolute Gasteiger partial charge is 0.243 e. The normalized spacial score (nSPS) is 16.8. The van der Waals surface area contributed by atoms with E-state index in [2.05, 4.69) is 10.1 Å². The molecular weight excluding hydrogens is 354 g/mol. The maximum Gasteiger partial charge on any atom is 0.243 e. The third-order valence-corrected chi connectivity index (χ3v) is 6.79. The molecule has 1 saturated heterocycles. The average Bonchev–Trinajstić information content (AvgIpc) is 2.94.